The third-order valence-corrected chi connectivity index (χ3v) is 5.08. The summed E-state index contributed by atoms with van der Waals surface area (Å²) in [4.78, 5) is 11.2. The second kappa shape index (κ2) is 5.57. The molecule has 2 aromatic rings. The van der Waals surface area contributed by atoms with Crippen molar-refractivity contribution in [1.29, 1.82) is 0 Å². The van der Waals surface area contributed by atoms with E-state index in [2.05, 4.69) is 0 Å². The Bertz CT molecular complexity index is 781. The van der Waals surface area contributed by atoms with Gasteiger partial charge in [-0.05, 0) is 42.3 Å². The Morgan fingerprint density at radius 1 is 1.10 bits per heavy atom. The second-order valence-electron chi connectivity index (χ2n) is 4.79. The van der Waals surface area contributed by atoms with Gasteiger partial charge < -0.3 is 11.5 Å². The zero-order valence-electron chi connectivity index (χ0n) is 11.5. The Hall–Kier alpha value is -2.34. The first-order chi connectivity index (χ1) is 9.81. The number of carbonyl (C=O) groups is 1. The van der Waals surface area contributed by atoms with E-state index in [0.717, 1.165) is 0 Å². The lowest BCUT2D eigenvalue weighted by atomic mass is 10.1. The molecule has 0 atom stereocenters. The van der Waals surface area contributed by atoms with Crippen LogP contribution in [-0.4, -0.2) is 14.3 Å². The lowest BCUT2D eigenvalue weighted by Gasteiger charge is -2.10. The van der Waals surface area contributed by atoms with Gasteiger partial charge >= 0.3 is 0 Å². The molecule has 2 aromatic carbocycles. The molecular formula is C15H16N2O3S. The molecule has 0 radical (unpaired) electrons. The van der Waals surface area contributed by atoms with Gasteiger partial charge in [-0.25, -0.2) is 8.42 Å². The van der Waals surface area contributed by atoms with Gasteiger partial charge in [0.2, 0.25) is 5.91 Å². The number of nitrogen functional groups attached to an aromatic ring is 1. The molecule has 4 N–H and O–H groups in total. The number of benzene rings is 2. The minimum absolute atomic E-state index is 0.156. The van der Waals surface area contributed by atoms with Crippen molar-refractivity contribution >= 4 is 21.4 Å². The summed E-state index contributed by atoms with van der Waals surface area (Å²) in [5, 5.41) is 0. The number of primary amides is 1. The summed E-state index contributed by atoms with van der Waals surface area (Å²) in [7, 11) is -3.50. The van der Waals surface area contributed by atoms with E-state index in [1.165, 1.54) is 12.1 Å². The minimum atomic E-state index is -3.50. The summed E-state index contributed by atoms with van der Waals surface area (Å²) in [5.74, 6) is -0.702. The van der Waals surface area contributed by atoms with Crippen LogP contribution in [0.15, 0.2) is 47.4 Å². The monoisotopic (exact) mass is 304 g/mol. The van der Waals surface area contributed by atoms with E-state index in [0.29, 0.717) is 22.4 Å². The standard InChI is InChI=1S/C15H16N2O3S/c1-10-13(16)3-2-4-14(10)21(19,20)9-11-5-7-12(8-6-11)15(17)18/h2-8H,9,16H2,1H3,(H2,17,18). The third kappa shape index (κ3) is 3.22. The van der Waals surface area contributed by atoms with Crippen LogP contribution in [-0.2, 0) is 15.6 Å². The molecule has 0 fully saturated rings. The second-order valence-corrected chi connectivity index (χ2v) is 6.75. The van der Waals surface area contributed by atoms with Crippen molar-refractivity contribution in [2.24, 2.45) is 5.73 Å². The molecule has 0 heterocycles. The van der Waals surface area contributed by atoms with Crippen LogP contribution in [0.1, 0.15) is 21.5 Å². The van der Waals surface area contributed by atoms with E-state index in [1.807, 2.05) is 0 Å². The fourth-order valence-corrected chi connectivity index (χ4v) is 3.69. The maximum atomic E-state index is 12.4. The summed E-state index contributed by atoms with van der Waals surface area (Å²) in [5.41, 5.74) is 12.8. The molecule has 0 saturated carbocycles. The van der Waals surface area contributed by atoms with Gasteiger partial charge in [-0.1, -0.05) is 18.2 Å². The number of carbonyl (C=O) groups excluding carboxylic acids is 1. The van der Waals surface area contributed by atoms with Gasteiger partial charge in [0, 0.05) is 11.3 Å². The molecule has 6 heteroatoms. The number of sulfone groups is 1. The van der Waals surface area contributed by atoms with Crippen molar-refractivity contribution in [2.45, 2.75) is 17.6 Å². The van der Waals surface area contributed by atoms with Crippen molar-refractivity contribution in [1.82, 2.24) is 0 Å². The zero-order chi connectivity index (χ0) is 15.6. The van der Waals surface area contributed by atoms with Crippen LogP contribution in [0.25, 0.3) is 0 Å². The molecule has 0 aliphatic heterocycles. The zero-order valence-corrected chi connectivity index (χ0v) is 12.4. The van der Waals surface area contributed by atoms with Crippen LogP contribution in [0.2, 0.25) is 0 Å². The molecule has 21 heavy (non-hydrogen) atoms. The largest absolute Gasteiger partial charge is 0.398 e. The number of hydrogen-bond acceptors (Lipinski definition) is 4. The molecule has 2 rings (SSSR count). The van der Waals surface area contributed by atoms with Crippen LogP contribution < -0.4 is 11.5 Å². The fraction of sp³-hybridized carbons (Fsp3) is 0.133. The van der Waals surface area contributed by atoms with Crippen LogP contribution >= 0.6 is 0 Å². The predicted molar refractivity (Wildman–Crippen MR) is 81.4 cm³/mol. The van der Waals surface area contributed by atoms with Gasteiger partial charge in [0.1, 0.15) is 0 Å². The Morgan fingerprint density at radius 2 is 1.71 bits per heavy atom. The van der Waals surface area contributed by atoms with Crippen molar-refractivity contribution in [3.05, 3.63) is 59.2 Å². The first-order valence-corrected chi connectivity index (χ1v) is 7.93. The highest BCUT2D eigenvalue weighted by Crippen LogP contribution is 2.24. The van der Waals surface area contributed by atoms with Crippen LogP contribution in [0.3, 0.4) is 0 Å². The Balaban J connectivity index is 2.33. The smallest absolute Gasteiger partial charge is 0.248 e. The van der Waals surface area contributed by atoms with Gasteiger partial charge in [0.15, 0.2) is 9.84 Å². The van der Waals surface area contributed by atoms with E-state index in [-0.39, 0.29) is 10.6 Å². The highest BCUT2D eigenvalue weighted by Gasteiger charge is 2.18. The van der Waals surface area contributed by atoms with Gasteiger partial charge in [0.25, 0.3) is 0 Å². The molecule has 0 aliphatic rings. The van der Waals surface area contributed by atoms with Crippen molar-refractivity contribution in [2.75, 3.05) is 5.73 Å². The minimum Gasteiger partial charge on any atom is -0.398 e. The summed E-state index contributed by atoms with van der Waals surface area (Å²) in [6.45, 7) is 1.68. The predicted octanol–water partition coefficient (Wildman–Crippen LogP) is 1.65. The number of rotatable bonds is 4. The molecule has 0 saturated heterocycles. The molecule has 0 unspecified atom stereocenters. The van der Waals surface area contributed by atoms with Gasteiger partial charge in [0.05, 0.1) is 10.6 Å². The summed E-state index contributed by atoms with van der Waals surface area (Å²) in [6, 6.07) is 11.0. The maximum Gasteiger partial charge on any atom is 0.248 e. The molecule has 5 nitrogen and oxygen atoms in total. The highest BCUT2D eigenvalue weighted by atomic mass is 32.2. The molecular weight excluding hydrogens is 288 g/mol. The number of amides is 1. The molecule has 110 valence electrons. The fourth-order valence-electron chi connectivity index (χ4n) is 2.03. The van der Waals surface area contributed by atoms with E-state index in [9.17, 15) is 13.2 Å². The van der Waals surface area contributed by atoms with Gasteiger partial charge in [-0.2, -0.15) is 0 Å². The lowest BCUT2D eigenvalue weighted by Crippen LogP contribution is -2.11. The SMILES string of the molecule is Cc1c(N)cccc1S(=O)(=O)Cc1ccc(C(N)=O)cc1. The van der Waals surface area contributed by atoms with Gasteiger partial charge in [-0.15, -0.1) is 0 Å². The number of anilines is 1. The molecule has 1 amide bonds. The summed E-state index contributed by atoms with van der Waals surface area (Å²) < 4.78 is 24.9. The Morgan fingerprint density at radius 3 is 2.29 bits per heavy atom. The topological polar surface area (TPSA) is 103 Å². The van der Waals surface area contributed by atoms with Crippen LogP contribution in [0.5, 0.6) is 0 Å². The Kier molecular flexibility index (Phi) is 3.99. The molecule has 0 spiro atoms. The van der Waals surface area contributed by atoms with E-state index >= 15 is 0 Å². The first kappa shape index (κ1) is 15.1. The Labute approximate surface area is 123 Å². The van der Waals surface area contributed by atoms with Crippen molar-refractivity contribution < 1.29 is 13.2 Å². The average Bonchev–Trinajstić information content (AvgIpc) is 2.41. The quantitative estimate of drug-likeness (QED) is 0.838. The number of nitrogens with two attached hydrogens (primary N) is 2. The van der Waals surface area contributed by atoms with Crippen molar-refractivity contribution in [3.63, 3.8) is 0 Å². The van der Waals surface area contributed by atoms with E-state index in [4.69, 9.17) is 11.5 Å². The van der Waals surface area contributed by atoms with E-state index < -0.39 is 15.7 Å². The highest BCUT2D eigenvalue weighted by molar-refractivity contribution is 7.90. The molecule has 0 bridgehead atoms. The summed E-state index contributed by atoms with van der Waals surface area (Å²) >= 11 is 0. The molecule has 0 aliphatic carbocycles. The number of hydrogen-bond donors (Lipinski definition) is 2. The summed E-state index contributed by atoms with van der Waals surface area (Å²) in [6.07, 6.45) is 0. The van der Waals surface area contributed by atoms with E-state index in [1.54, 1.807) is 37.3 Å². The maximum absolute atomic E-state index is 12.4. The van der Waals surface area contributed by atoms with Crippen LogP contribution in [0, 0.1) is 6.92 Å². The van der Waals surface area contributed by atoms with Crippen LogP contribution in [0.4, 0.5) is 5.69 Å². The van der Waals surface area contributed by atoms with Gasteiger partial charge in [-0.3, -0.25) is 4.79 Å². The van der Waals surface area contributed by atoms with Crippen molar-refractivity contribution in [3.8, 4) is 0 Å². The molecule has 0 aromatic heterocycles. The first-order valence-electron chi connectivity index (χ1n) is 6.28. The lowest BCUT2D eigenvalue weighted by molar-refractivity contribution is 0.100. The average molecular weight is 304 g/mol. The normalized spacial score (nSPS) is 11.3. The third-order valence-electron chi connectivity index (χ3n) is 3.26.